The quantitative estimate of drug-likeness (QED) is 0.690. The Bertz CT molecular complexity index is 271. The highest BCUT2D eigenvalue weighted by atomic mass is 16.3. The van der Waals surface area contributed by atoms with Crippen LogP contribution < -0.4 is 5.73 Å². The van der Waals surface area contributed by atoms with Crippen LogP contribution in [-0.4, -0.2) is 26.5 Å². The minimum absolute atomic E-state index is 0.0954. The third-order valence-electron chi connectivity index (χ3n) is 1.94. The summed E-state index contributed by atoms with van der Waals surface area (Å²) >= 11 is 0. The maximum atomic E-state index is 8.88. The van der Waals surface area contributed by atoms with Crippen LogP contribution in [0.3, 0.4) is 0 Å². The molecule has 0 amide bonds. The fourth-order valence-electron chi connectivity index (χ4n) is 1.25. The van der Waals surface area contributed by atoms with Gasteiger partial charge in [0.1, 0.15) is 5.82 Å². The topological polar surface area (TPSA) is 77.0 Å². The van der Waals surface area contributed by atoms with E-state index in [9.17, 15) is 0 Å². The molecule has 74 valence electrons. The summed E-state index contributed by atoms with van der Waals surface area (Å²) < 4.78 is 1.95. The third-order valence-corrected chi connectivity index (χ3v) is 1.94. The summed E-state index contributed by atoms with van der Waals surface area (Å²) in [6.07, 6.45) is 1.00. The zero-order chi connectivity index (χ0) is 9.84. The monoisotopic (exact) mass is 184 g/mol. The van der Waals surface area contributed by atoms with Gasteiger partial charge in [-0.05, 0) is 13.3 Å². The van der Waals surface area contributed by atoms with Gasteiger partial charge in [-0.1, -0.05) is 6.92 Å². The van der Waals surface area contributed by atoms with Crippen molar-refractivity contribution in [2.75, 3.05) is 6.61 Å². The lowest BCUT2D eigenvalue weighted by atomic mass is 10.3. The largest absolute Gasteiger partial charge is 0.394 e. The number of hydrogen-bond acceptors (Lipinski definition) is 4. The molecule has 0 aromatic carbocycles. The summed E-state index contributed by atoms with van der Waals surface area (Å²) in [4.78, 5) is 0. The maximum Gasteiger partial charge on any atom is 0.152 e. The van der Waals surface area contributed by atoms with Gasteiger partial charge in [-0.3, -0.25) is 0 Å². The Hall–Kier alpha value is -0.940. The van der Waals surface area contributed by atoms with E-state index in [-0.39, 0.29) is 6.61 Å². The molecule has 1 heterocycles. The lowest BCUT2D eigenvalue weighted by Gasteiger charge is -2.10. The number of aromatic nitrogens is 3. The van der Waals surface area contributed by atoms with Crippen LogP contribution in [0.5, 0.6) is 0 Å². The smallest absolute Gasteiger partial charge is 0.152 e. The lowest BCUT2D eigenvalue weighted by Crippen LogP contribution is -2.20. The molecule has 0 bridgehead atoms. The van der Waals surface area contributed by atoms with Gasteiger partial charge < -0.3 is 15.4 Å². The molecule has 0 unspecified atom stereocenters. The number of rotatable bonds is 4. The fraction of sp³-hybridized carbons (Fsp3) is 0.750. The van der Waals surface area contributed by atoms with E-state index in [4.69, 9.17) is 10.8 Å². The van der Waals surface area contributed by atoms with Crippen LogP contribution in [0.25, 0.3) is 0 Å². The molecule has 3 N–H and O–H groups in total. The van der Waals surface area contributed by atoms with Crippen LogP contribution >= 0.6 is 0 Å². The molecule has 0 saturated carbocycles. The summed E-state index contributed by atoms with van der Waals surface area (Å²) in [5.74, 6) is 1.52. The Kier molecular flexibility index (Phi) is 3.39. The predicted molar refractivity (Wildman–Crippen MR) is 49.1 cm³/mol. The fourth-order valence-corrected chi connectivity index (χ4v) is 1.25. The third kappa shape index (κ3) is 2.05. The van der Waals surface area contributed by atoms with Crippen molar-refractivity contribution in [3.63, 3.8) is 0 Å². The Morgan fingerprint density at radius 3 is 2.77 bits per heavy atom. The van der Waals surface area contributed by atoms with Gasteiger partial charge in [-0.25, -0.2) is 0 Å². The molecule has 5 heteroatoms. The van der Waals surface area contributed by atoms with Gasteiger partial charge in [0.25, 0.3) is 0 Å². The Morgan fingerprint density at radius 1 is 1.54 bits per heavy atom. The standard InChI is InChI=1S/C8H16N4O/c1-3-4-12-6(2)10-11-8(12)7(9)5-13/h7,13H,3-5,9H2,1-2H3/t7-/m1/s1. The highest BCUT2D eigenvalue weighted by Crippen LogP contribution is 2.09. The molecule has 0 aliphatic carbocycles. The van der Waals surface area contributed by atoms with Crippen LogP contribution in [0, 0.1) is 6.92 Å². The van der Waals surface area contributed by atoms with Crippen LogP contribution in [0.4, 0.5) is 0 Å². The minimum atomic E-state index is -0.423. The van der Waals surface area contributed by atoms with Crippen molar-refractivity contribution in [1.29, 1.82) is 0 Å². The van der Waals surface area contributed by atoms with Gasteiger partial charge in [0.15, 0.2) is 5.82 Å². The molecule has 0 radical (unpaired) electrons. The normalized spacial score (nSPS) is 13.2. The van der Waals surface area contributed by atoms with Crippen LogP contribution in [0.15, 0.2) is 0 Å². The molecule has 1 aromatic heterocycles. The minimum Gasteiger partial charge on any atom is -0.394 e. The van der Waals surface area contributed by atoms with Gasteiger partial charge in [-0.2, -0.15) is 0 Å². The summed E-state index contributed by atoms with van der Waals surface area (Å²) in [6.45, 7) is 4.72. The van der Waals surface area contributed by atoms with E-state index in [2.05, 4.69) is 17.1 Å². The van der Waals surface area contributed by atoms with Crippen molar-refractivity contribution in [2.45, 2.75) is 32.9 Å². The van der Waals surface area contributed by atoms with E-state index in [0.29, 0.717) is 5.82 Å². The van der Waals surface area contributed by atoms with Crippen molar-refractivity contribution in [1.82, 2.24) is 14.8 Å². The van der Waals surface area contributed by atoms with E-state index < -0.39 is 6.04 Å². The average Bonchev–Trinajstić information content (AvgIpc) is 2.48. The van der Waals surface area contributed by atoms with Gasteiger partial charge >= 0.3 is 0 Å². The Morgan fingerprint density at radius 2 is 2.23 bits per heavy atom. The highest BCUT2D eigenvalue weighted by molar-refractivity contribution is 4.99. The SMILES string of the molecule is CCCn1c(C)nnc1[C@H](N)CO. The number of aryl methyl sites for hydroxylation is 1. The van der Waals surface area contributed by atoms with Gasteiger partial charge in [0.05, 0.1) is 12.6 Å². The first-order valence-electron chi connectivity index (χ1n) is 4.46. The molecule has 0 aliphatic heterocycles. The Labute approximate surface area is 77.6 Å². The lowest BCUT2D eigenvalue weighted by molar-refractivity contribution is 0.260. The maximum absolute atomic E-state index is 8.88. The van der Waals surface area contributed by atoms with E-state index >= 15 is 0 Å². The molecule has 13 heavy (non-hydrogen) atoms. The van der Waals surface area contributed by atoms with E-state index in [1.54, 1.807) is 0 Å². The second kappa shape index (κ2) is 4.34. The van der Waals surface area contributed by atoms with Crippen molar-refractivity contribution in [3.8, 4) is 0 Å². The van der Waals surface area contributed by atoms with E-state index in [1.807, 2.05) is 11.5 Å². The summed E-state index contributed by atoms with van der Waals surface area (Å²) in [6, 6.07) is -0.423. The number of nitrogens with zero attached hydrogens (tertiary/aromatic N) is 3. The zero-order valence-electron chi connectivity index (χ0n) is 8.06. The second-order valence-corrected chi connectivity index (χ2v) is 3.05. The van der Waals surface area contributed by atoms with Crippen molar-refractivity contribution in [2.24, 2.45) is 5.73 Å². The predicted octanol–water partition coefficient (Wildman–Crippen LogP) is -0.0114. The molecule has 0 saturated heterocycles. The summed E-state index contributed by atoms with van der Waals surface area (Å²) in [7, 11) is 0. The van der Waals surface area contributed by atoms with Gasteiger partial charge in [-0.15, -0.1) is 10.2 Å². The molecular formula is C8H16N4O. The summed E-state index contributed by atoms with van der Waals surface area (Å²) in [5.41, 5.74) is 5.67. The zero-order valence-corrected chi connectivity index (χ0v) is 8.06. The van der Waals surface area contributed by atoms with Crippen molar-refractivity contribution >= 4 is 0 Å². The first-order valence-corrected chi connectivity index (χ1v) is 4.46. The number of aliphatic hydroxyl groups excluding tert-OH is 1. The second-order valence-electron chi connectivity index (χ2n) is 3.05. The highest BCUT2D eigenvalue weighted by Gasteiger charge is 2.14. The van der Waals surface area contributed by atoms with Crippen LogP contribution in [-0.2, 0) is 6.54 Å². The van der Waals surface area contributed by atoms with E-state index in [1.165, 1.54) is 0 Å². The number of nitrogens with two attached hydrogens (primary N) is 1. The number of hydrogen-bond donors (Lipinski definition) is 2. The van der Waals surface area contributed by atoms with Crippen LogP contribution in [0.1, 0.15) is 31.0 Å². The van der Waals surface area contributed by atoms with Gasteiger partial charge in [0.2, 0.25) is 0 Å². The van der Waals surface area contributed by atoms with Crippen molar-refractivity contribution < 1.29 is 5.11 Å². The molecule has 0 aliphatic rings. The molecule has 1 aromatic rings. The Balaban J connectivity index is 2.92. The van der Waals surface area contributed by atoms with E-state index in [0.717, 1.165) is 18.8 Å². The molecule has 1 atom stereocenters. The molecule has 5 nitrogen and oxygen atoms in total. The number of aliphatic hydroxyl groups is 1. The van der Waals surface area contributed by atoms with Crippen molar-refractivity contribution in [3.05, 3.63) is 11.6 Å². The first-order chi connectivity index (χ1) is 6.20. The van der Waals surface area contributed by atoms with Crippen LogP contribution in [0.2, 0.25) is 0 Å². The summed E-state index contributed by atoms with van der Waals surface area (Å²) in [5, 5.41) is 16.7. The van der Waals surface area contributed by atoms with Gasteiger partial charge in [0, 0.05) is 6.54 Å². The first kappa shape index (κ1) is 10.1. The molecule has 0 fully saturated rings. The molecule has 0 spiro atoms. The average molecular weight is 184 g/mol. The molecular weight excluding hydrogens is 168 g/mol. The molecule has 1 rings (SSSR count).